The van der Waals surface area contributed by atoms with Crippen LogP contribution in [0, 0.1) is 5.92 Å². The fourth-order valence-corrected chi connectivity index (χ4v) is 2.61. The first-order valence-electron chi connectivity index (χ1n) is 7.11. The van der Waals surface area contributed by atoms with Crippen LogP contribution in [-0.4, -0.2) is 29.8 Å². The summed E-state index contributed by atoms with van der Waals surface area (Å²) in [6, 6.07) is 4.93. The lowest BCUT2D eigenvalue weighted by Crippen LogP contribution is -2.41. The molecular weight excluding hydrogens is 290 g/mol. The second kappa shape index (κ2) is 6.80. The van der Waals surface area contributed by atoms with Crippen molar-refractivity contribution in [1.29, 1.82) is 0 Å². The van der Waals surface area contributed by atoms with Gasteiger partial charge in [0.1, 0.15) is 0 Å². The van der Waals surface area contributed by atoms with Gasteiger partial charge < -0.3 is 16.0 Å². The molecule has 0 radical (unpaired) electrons. The Morgan fingerprint density at radius 3 is 3.05 bits per heavy atom. The van der Waals surface area contributed by atoms with E-state index in [4.69, 9.17) is 17.3 Å². The van der Waals surface area contributed by atoms with Gasteiger partial charge in [-0.05, 0) is 31.0 Å². The van der Waals surface area contributed by atoms with Gasteiger partial charge in [-0.15, -0.1) is 0 Å². The molecule has 2 rings (SSSR count). The number of halogens is 1. The van der Waals surface area contributed by atoms with Crippen LogP contribution in [0.25, 0.3) is 0 Å². The van der Waals surface area contributed by atoms with Crippen LogP contribution >= 0.6 is 11.6 Å². The minimum atomic E-state index is -0.171. The maximum Gasteiger partial charge on any atom is 0.226 e. The molecule has 1 heterocycles. The highest BCUT2D eigenvalue weighted by Crippen LogP contribution is 2.23. The number of nitrogens with one attached hydrogen (secondary N) is 1. The van der Waals surface area contributed by atoms with Crippen LogP contribution in [-0.2, 0) is 9.59 Å². The van der Waals surface area contributed by atoms with Gasteiger partial charge >= 0.3 is 0 Å². The highest BCUT2D eigenvalue weighted by atomic mass is 35.5. The summed E-state index contributed by atoms with van der Waals surface area (Å²) in [7, 11) is 0. The number of carbonyl (C=O) groups excluding carboxylic acids is 2. The Bertz CT molecular complexity index is 548. The summed E-state index contributed by atoms with van der Waals surface area (Å²) in [5, 5.41) is 3.24. The number of rotatable bonds is 4. The van der Waals surface area contributed by atoms with Crippen LogP contribution in [0.3, 0.4) is 0 Å². The van der Waals surface area contributed by atoms with Crippen LogP contribution in [0.2, 0.25) is 5.02 Å². The largest absolute Gasteiger partial charge is 0.397 e. The fourth-order valence-electron chi connectivity index (χ4n) is 2.44. The summed E-state index contributed by atoms with van der Waals surface area (Å²) in [5.41, 5.74) is 6.75. The number of nitrogens with two attached hydrogens (primary N) is 1. The van der Waals surface area contributed by atoms with Crippen molar-refractivity contribution in [1.82, 2.24) is 4.90 Å². The Hall–Kier alpha value is -1.75. The van der Waals surface area contributed by atoms with E-state index < -0.39 is 0 Å². The number of carbonyl (C=O) groups is 2. The zero-order valence-electron chi connectivity index (χ0n) is 12.1. The number of benzene rings is 1. The number of amides is 2. The highest BCUT2D eigenvalue weighted by molar-refractivity contribution is 6.31. The van der Waals surface area contributed by atoms with Crippen LogP contribution in [0.1, 0.15) is 26.2 Å². The Morgan fingerprint density at radius 2 is 2.29 bits per heavy atom. The van der Waals surface area contributed by atoms with Gasteiger partial charge in [0.15, 0.2) is 0 Å². The molecule has 5 nitrogen and oxygen atoms in total. The van der Waals surface area contributed by atoms with E-state index in [0.29, 0.717) is 22.9 Å². The van der Waals surface area contributed by atoms with Crippen LogP contribution in [0.15, 0.2) is 18.2 Å². The molecule has 1 aromatic carbocycles. The molecule has 1 aliphatic heterocycles. The predicted octanol–water partition coefficient (Wildman–Crippen LogP) is 2.51. The molecule has 1 saturated heterocycles. The van der Waals surface area contributed by atoms with Gasteiger partial charge in [0.2, 0.25) is 11.8 Å². The van der Waals surface area contributed by atoms with E-state index in [0.717, 1.165) is 19.4 Å². The van der Waals surface area contributed by atoms with Crippen LogP contribution in [0.5, 0.6) is 0 Å². The van der Waals surface area contributed by atoms with E-state index in [-0.39, 0.29) is 24.2 Å². The molecule has 0 aliphatic carbocycles. The molecular formula is C15H20ClN3O2. The van der Waals surface area contributed by atoms with Gasteiger partial charge in [-0.2, -0.15) is 0 Å². The van der Waals surface area contributed by atoms with E-state index in [1.165, 1.54) is 0 Å². The monoisotopic (exact) mass is 309 g/mol. The molecule has 1 unspecified atom stereocenters. The molecule has 2 amide bonds. The Labute approximate surface area is 129 Å². The zero-order valence-corrected chi connectivity index (χ0v) is 12.8. The predicted molar refractivity (Wildman–Crippen MR) is 84.1 cm³/mol. The van der Waals surface area contributed by atoms with Crippen LogP contribution in [0.4, 0.5) is 11.4 Å². The Kier molecular flexibility index (Phi) is 5.07. The molecule has 1 atom stereocenters. The number of likely N-dealkylation sites (tertiary alicyclic amines) is 1. The van der Waals surface area contributed by atoms with E-state index >= 15 is 0 Å². The molecule has 6 heteroatoms. The third kappa shape index (κ3) is 4.11. The Morgan fingerprint density at radius 1 is 1.52 bits per heavy atom. The molecule has 1 aliphatic rings. The van der Waals surface area contributed by atoms with Crippen molar-refractivity contribution in [2.45, 2.75) is 26.2 Å². The molecule has 114 valence electrons. The summed E-state index contributed by atoms with van der Waals surface area (Å²) in [4.78, 5) is 25.7. The van der Waals surface area contributed by atoms with E-state index in [9.17, 15) is 9.59 Å². The maximum atomic E-state index is 12.0. The van der Waals surface area contributed by atoms with E-state index in [2.05, 4.69) is 5.32 Å². The minimum absolute atomic E-state index is 0.0605. The second-order valence-electron chi connectivity index (χ2n) is 5.40. The summed E-state index contributed by atoms with van der Waals surface area (Å²) in [6.45, 7) is 3.10. The first-order chi connectivity index (χ1) is 9.97. The average molecular weight is 310 g/mol. The molecule has 0 bridgehead atoms. The van der Waals surface area contributed by atoms with Crippen molar-refractivity contribution >= 4 is 34.8 Å². The quantitative estimate of drug-likeness (QED) is 0.839. The summed E-state index contributed by atoms with van der Waals surface area (Å²) >= 11 is 5.87. The average Bonchev–Trinajstić information content (AvgIpc) is 2.44. The van der Waals surface area contributed by atoms with Gasteiger partial charge in [0.05, 0.1) is 11.4 Å². The number of anilines is 2. The highest BCUT2D eigenvalue weighted by Gasteiger charge is 2.25. The summed E-state index contributed by atoms with van der Waals surface area (Å²) < 4.78 is 0. The number of piperidine rings is 1. The number of hydrogen-bond acceptors (Lipinski definition) is 3. The first-order valence-corrected chi connectivity index (χ1v) is 7.49. The topological polar surface area (TPSA) is 75.4 Å². The van der Waals surface area contributed by atoms with Crippen molar-refractivity contribution < 1.29 is 9.59 Å². The van der Waals surface area contributed by atoms with Gasteiger partial charge in [-0.1, -0.05) is 18.5 Å². The minimum Gasteiger partial charge on any atom is -0.397 e. The van der Waals surface area contributed by atoms with Gasteiger partial charge in [-0.25, -0.2) is 0 Å². The second-order valence-corrected chi connectivity index (χ2v) is 5.83. The SMILES string of the molecule is CC1CCCN(CCC(=O)Nc2cc(Cl)ccc2N)C1=O. The van der Waals surface area contributed by atoms with Crippen molar-refractivity contribution in [3.63, 3.8) is 0 Å². The zero-order chi connectivity index (χ0) is 15.4. The smallest absolute Gasteiger partial charge is 0.226 e. The van der Waals surface area contributed by atoms with Crippen molar-refractivity contribution in [2.75, 3.05) is 24.1 Å². The molecule has 1 aromatic rings. The maximum absolute atomic E-state index is 12.0. The van der Waals surface area contributed by atoms with Gasteiger partial charge in [0.25, 0.3) is 0 Å². The van der Waals surface area contributed by atoms with E-state index in [1.54, 1.807) is 23.1 Å². The summed E-state index contributed by atoms with van der Waals surface area (Å²) in [5.74, 6) is 0.0247. The normalized spacial score (nSPS) is 18.7. The molecule has 0 aromatic heterocycles. The lowest BCUT2D eigenvalue weighted by atomic mass is 9.99. The molecule has 0 saturated carbocycles. The number of nitrogen functional groups attached to an aromatic ring is 1. The van der Waals surface area contributed by atoms with Crippen molar-refractivity contribution in [2.24, 2.45) is 5.92 Å². The molecule has 0 spiro atoms. The van der Waals surface area contributed by atoms with Crippen molar-refractivity contribution in [3.05, 3.63) is 23.2 Å². The van der Waals surface area contributed by atoms with Crippen LogP contribution < -0.4 is 11.1 Å². The van der Waals surface area contributed by atoms with Gasteiger partial charge in [-0.3, -0.25) is 9.59 Å². The molecule has 21 heavy (non-hydrogen) atoms. The lowest BCUT2D eigenvalue weighted by molar-refractivity contribution is -0.138. The first kappa shape index (κ1) is 15.6. The third-order valence-electron chi connectivity index (χ3n) is 3.70. The Balaban J connectivity index is 1.87. The third-order valence-corrected chi connectivity index (χ3v) is 3.93. The molecule has 3 N–H and O–H groups in total. The number of nitrogens with zero attached hydrogens (tertiary/aromatic N) is 1. The number of hydrogen-bond donors (Lipinski definition) is 2. The standard InChI is InChI=1S/C15H20ClN3O2/c1-10-3-2-7-19(15(10)21)8-6-14(20)18-13-9-11(16)4-5-12(13)17/h4-5,9-10H,2-3,6-8,17H2,1H3,(H,18,20). The molecule has 1 fully saturated rings. The lowest BCUT2D eigenvalue weighted by Gasteiger charge is -2.30. The van der Waals surface area contributed by atoms with Crippen molar-refractivity contribution in [3.8, 4) is 0 Å². The van der Waals surface area contributed by atoms with Gasteiger partial charge in [0, 0.05) is 30.5 Å². The van der Waals surface area contributed by atoms with E-state index in [1.807, 2.05) is 6.92 Å². The fraction of sp³-hybridized carbons (Fsp3) is 0.467. The summed E-state index contributed by atoms with van der Waals surface area (Å²) in [6.07, 6.45) is 2.18.